The van der Waals surface area contributed by atoms with Gasteiger partial charge >= 0.3 is 0 Å². The van der Waals surface area contributed by atoms with Crippen LogP contribution in [0.15, 0.2) is 45.6 Å². The number of hydrogen-bond acceptors (Lipinski definition) is 4. The van der Waals surface area contributed by atoms with Gasteiger partial charge in [-0.15, -0.1) is 0 Å². The molecule has 2 saturated carbocycles. The van der Waals surface area contributed by atoms with Crippen LogP contribution in [0.5, 0.6) is 0 Å². The summed E-state index contributed by atoms with van der Waals surface area (Å²) in [5.41, 5.74) is 5.52. The predicted molar refractivity (Wildman–Crippen MR) is 173 cm³/mol. The minimum atomic E-state index is -3.42. The number of aliphatic hydroxyl groups excluding tert-OH is 1. The van der Waals surface area contributed by atoms with Gasteiger partial charge in [0, 0.05) is 55.2 Å². The third kappa shape index (κ3) is 6.31. The van der Waals surface area contributed by atoms with Gasteiger partial charge in [-0.2, -0.15) is 8.42 Å². The third-order valence-electron chi connectivity index (χ3n) is 8.28. The van der Waals surface area contributed by atoms with Crippen molar-refractivity contribution in [2.24, 2.45) is 0 Å². The van der Waals surface area contributed by atoms with Crippen molar-refractivity contribution >= 4 is 75.2 Å². The summed E-state index contributed by atoms with van der Waals surface area (Å²) < 4.78 is 34.1. The van der Waals surface area contributed by atoms with Gasteiger partial charge in [-0.25, -0.2) is 9.69 Å². The molecule has 4 aromatic rings. The van der Waals surface area contributed by atoms with Crippen LogP contribution in [-0.2, 0) is 14.3 Å². The molecular weight excluding hydrogens is 684 g/mol. The Morgan fingerprint density at radius 1 is 0.833 bits per heavy atom. The van der Waals surface area contributed by atoms with Gasteiger partial charge in [0.15, 0.2) is 11.4 Å². The zero-order valence-electron chi connectivity index (χ0n) is 23.6. The molecule has 0 unspecified atom stereocenters. The average molecular weight is 716 g/mol. The topological polar surface area (TPSA) is 82.2 Å². The van der Waals surface area contributed by atoms with Crippen LogP contribution >= 0.6 is 31.9 Å². The Morgan fingerprint density at radius 3 is 1.74 bits per heavy atom. The van der Waals surface area contributed by atoms with Crippen LogP contribution in [0, 0.1) is 27.0 Å². The maximum absolute atomic E-state index is 11.3. The van der Waals surface area contributed by atoms with E-state index in [2.05, 4.69) is 62.9 Å². The van der Waals surface area contributed by atoms with Crippen LogP contribution in [0.1, 0.15) is 61.7 Å². The van der Waals surface area contributed by atoms with Gasteiger partial charge in [0.25, 0.3) is 10.1 Å². The van der Waals surface area contributed by atoms with Crippen LogP contribution in [-0.4, -0.2) is 41.1 Å². The molecule has 0 radical (unpaired) electrons. The highest BCUT2D eigenvalue weighted by molar-refractivity contribution is 9.11. The van der Waals surface area contributed by atoms with E-state index in [4.69, 9.17) is 17.3 Å². The number of nitrogens with zero attached hydrogens (tertiary/aromatic N) is 4. The molecule has 2 aromatic carbocycles. The SMILES string of the molecule is [C-]#[N+]c1cc2c(Br)cn([C@@H]3CC[C@H](O)C3)c2cc1C.[C-]#[N+]c1cc2c(Br)cn([C@@H]3CC[C@H](OS(C)(=O)=O)C3)c2cc1C. The number of fused-ring (bicyclic) bond motifs is 2. The van der Waals surface area contributed by atoms with E-state index < -0.39 is 10.1 Å². The zero-order chi connectivity index (χ0) is 30.3. The highest BCUT2D eigenvalue weighted by Crippen LogP contribution is 2.40. The van der Waals surface area contributed by atoms with Crippen LogP contribution in [0.4, 0.5) is 11.4 Å². The molecule has 1 N–H and O–H groups in total. The molecule has 0 saturated heterocycles. The summed E-state index contributed by atoms with van der Waals surface area (Å²) in [5, 5.41) is 11.8. The smallest absolute Gasteiger partial charge is 0.264 e. The molecule has 0 amide bonds. The molecule has 11 heteroatoms. The Hall–Kier alpha value is -2.67. The van der Waals surface area contributed by atoms with Crippen LogP contribution < -0.4 is 0 Å². The largest absolute Gasteiger partial charge is 0.393 e. The third-order valence-corrected chi connectivity index (χ3v) is 10.2. The second-order valence-corrected chi connectivity index (χ2v) is 14.6. The van der Waals surface area contributed by atoms with Crippen molar-refractivity contribution in [1.29, 1.82) is 0 Å². The minimum Gasteiger partial charge on any atom is -0.393 e. The molecule has 0 aliphatic heterocycles. The van der Waals surface area contributed by atoms with Crippen molar-refractivity contribution in [1.82, 2.24) is 9.13 Å². The first-order valence-corrected chi connectivity index (χ1v) is 17.2. The second kappa shape index (κ2) is 12.1. The zero-order valence-corrected chi connectivity index (χ0v) is 27.6. The number of aliphatic hydroxyl groups is 1. The molecule has 8 nitrogen and oxygen atoms in total. The summed E-state index contributed by atoms with van der Waals surface area (Å²) in [6.45, 7) is 18.4. The molecule has 2 aliphatic carbocycles. The fourth-order valence-electron chi connectivity index (χ4n) is 6.23. The van der Waals surface area contributed by atoms with Crippen molar-refractivity contribution in [2.75, 3.05) is 6.26 Å². The van der Waals surface area contributed by atoms with E-state index in [1.54, 1.807) is 0 Å². The Kier molecular flexibility index (Phi) is 8.90. The van der Waals surface area contributed by atoms with Crippen LogP contribution in [0.25, 0.3) is 31.5 Å². The lowest BCUT2D eigenvalue weighted by molar-refractivity contribution is 0.178. The summed E-state index contributed by atoms with van der Waals surface area (Å²) in [6.07, 6.45) is 9.76. The predicted octanol–water partition coefficient (Wildman–Crippen LogP) is 8.68. The molecule has 2 fully saturated rings. The molecular formula is C31H32Br2N4O4S. The van der Waals surface area contributed by atoms with Gasteiger partial charge in [-0.05, 0) is 120 Å². The number of halogens is 2. The lowest BCUT2D eigenvalue weighted by Crippen LogP contribution is -2.15. The number of aromatic nitrogens is 2. The van der Waals surface area contributed by atoms with Gasteiger partial charge in [-0.3, -0.25) is 4.18 Å². The second-order valence-electron chi connectivity index (χ2n) is 11.3. The van der Waals surface area contributed by atoms with Crippen molar-refractivity contribution < 1.29 is 17.7 Å². The standard InChI is InChI=1S/C16H17BrN2O3S.C15H15BrN2O/c1-10-6-16-13(8-15(10)18-2)14(17)9-19(16)11-4-5-12(7-11)22-23(3,20)21;1-9-5-15-12(7-14(9)17-2)13(16)8-18(15)10-3-4-11(19)6-10/h6,8-9,11-12H,4-5,7H2,1,3H3;5,7-8,10-11,19H,3-4,6H2,1H3/t11-,12+;10-,11+/m11/s1. The highest BCUT2D eigenvalue weighted by atomic mass is 79.9. The maximum Gasteiger partial charge on any atom is 0.264 e. The van der Waals surface area contributed by atoms with Crippen LogP contribution in [0.3, 0.4) is 0 Å². The molecule has 220 valence electrons. The number of benzene rings is 2. The van der Waals surface area contributed by atoms with E-state index in [0.717, 1.165) is 80.2 Å². The molecule has 2 aliphatic rings. The summed E-state index contributed by atoms with van der Waals surface area (Å²) in [7, 11) is -3.42. The Labute approximate surface area is 263 Å². The highest BCUT2D eigenvalue weighted by Gasteiger charge is 2.30. The van der Waals surface area contributed by atoms with E-state index >= 15 is 0 Å². The van der Waals surface area contributed by atoms with E-state index in [9.17, 15) is 13.5 Å². The molecule has 0 bridgehead atoms. The summed E-state index contributed by atoms with van der Waals surface area (Å²) >= 11 is 7.15. The molecule has 2 aromatic heterocycles. The fraction of sp³-hybridized carbons (Fsp3) is 0.419. The van der Waals surface area contributed by atoms with E-state index in [1.165, 1.54) is 0 Å². The quantitative estimate of drug-likeness (QED) is 0.169. The Bertz CT molecular complexity index is 1870. The van der Waals surface area contributed by atoms with E-state index in [1.807, 2.05) is 38.2 Å². The first kappa shape index (κ1) is 30.8. The van der Waals surface area contributed by atoms with E-state index in [-0.39, 0.29) is 18.2 Å². The van der Waals surface area contributed by atoms with Gasteiger partial charge in [0.2, 0.25) is 0 Å². The van der Waals surface area contributed by atoms with Crippen molar-refractivity contribution in [3.05, 3.63) is 79.6 Å². The van der Waals surface area contributed by atoms with Crippen LogP contribution in [0.2, 0.25) is 0 Å². The molecule has 4 atom stereocenters. The summed E-state index contributed by atoms with van der Waals surface area (Å²) in [6, 6.07) is 8.52. The monoisotopic (exact) mass is 714 g/mol. The Morgan fingerprint density at radius 2 is 1.31 bits per heavy atom. The first-order valence-electron chi connectivity index (χ1n) is 13.8. The lowest BCUT2D eigenvalue weighted by atomic mass is 10.1. The first-order chi connectivity index (χ1) is 19.9. The van der Waals surface area contributed by atoms with Crippen molar-refractivity contribution in [3.63, 3.8) is 0 Å². The Balaban J connectivity index is 0.000000171. The van der Waals surface area contributed by atoms with Gasteiger partial charge in [-0.1, -0.05) is 0 Å². The number of aryl methyl sites for hydroxylation is 2. The van der Waals surface area contributed by atoms with Crippen molar-refractivity contribution in [3.8, 4) is 0 Å². The number of rotatable bonds is 4. The van der Waals surface area contributed by atoms with Gasteiger partial charge < -0.3 is 14.2 Å². The summed E-state index contributed by atoms with van der Waals surface area (Å²) in [5.74, 6) is 0. The molecule has 6 rings (SSSR count). The van der Waals surface area contributed by atoms with Crippen molar-refractivity contribution in [2.45, 2.75) is 76.7 Å². The number of hydrogen-bond donors (Lipinski definition) is 1. The lowest BCUT2D eigenvalue weighted by Gasteiger charge is -2.15. The molecule has 2 heterocycles. The fourth-order valence-corrected chi connectivity index (χ4v) is 7.98. The minimum absolute atomic E-state index is 0.176. The summed E-state index contributed by atoms with van der Waals surface area (Å²) in [4.78, 5) is 7.11. The van der Waals surface area contributed by atoms with Gasteiger partial charge in [0.1, 0.15) is 0 Å². The van der Waals surface area contributed by atoms with E-state index in [0.29, 0.717) is 23.8 Å². The molecule has 42 heavy (non-hydrogen) atoms. The normalized spacial score (nSPS) is 22.2. The molecule has 0 spiro atoms. The maximum atomic E-state index is 11.3. The average Bonchev–Trinajstić information content (AvgIpc) is 3.70. The van der Waals surface area contributed by atoms with Gasteiger partial charge in [0.05, 0.1) is 31.6 Å².